The minimum absolute atomic E-state index is 0.671. The van der Waals surface area contributed by atoms with Crippen LogP contribution < -0.4 is 0 Å². The monoisotopic (exact) mass is 192 g/mol. The summed E-state index contributed by atoms with van der Waals surface area (Å²) in [7, 11) is 1.75. The van der Waals surface area contributed by atoms with E-state index in [1.54, 1.807) is 27.1 Å². The molecule has 0 spiro atoms. The SMILES string of the molecule is CN=C(C)c1ccc(C(C)(C)O)nc1. The Balaban J connectivity index is 3.01. The van der Waals surface area contributed by atoms with Gasteiger partial charge in [-0.25, -0.2) is 0 Å². The van der Waals surface area contributed by atoms with E-state index in [-0.39, 0.29) is 0 Å². The van der Waals surface area contributed by atoms with Crippen molar-refractivity contribution in [1.29, 1.82) is 0 Å². The third kappa shape index (κ3) is 2.39. The van der Waals surface area contributed by atoms with Gasteiger partial charge in [0, 0.05) is 24.5 Å². The second kappa shape index (κ2) is 3.88. The Hall–Kier alpha value is -1.22. The van der Waals surface area contributed by atoms with Gasteiger partial charge in [-0.15, -0.1) is 0 Å². The predicted molar refractivity (Wildman–Crippen MR) is 57.6 cm³/mol. The first-order valence-electron chi connectivity index (χ1n) is 4.58. The van der Waals surface area contributed by atoms with Gasteiger partial charge in [0.25, 0.3) is 0 Å². The average molecular weight is 192 g/mol. The number of pyridine rings is 1. The number of aliphatic hydroxyl groups is 1. The lowest BCUT2D eigenvalue weighted by atomic mass is 10.0. The molecule has 0 aromatic carbocycles. The fourth-order valence-electron chi connectivity index (χ4n) is 1.10. The van der Waals surface area contributed by atoms with Gasteiger partial charge in [-0.1, -0.05) is 0 Å². The lowest BCUT2D eigenvalue weighted by molar-refractivity contribution is 0.0738. The van der Waals surface area contributed by atoms with Crippen molar-refractivity contribution in [2.45, 2.75) is 26.4 Å². The summed E-state index contributed by atoms with van der Waals surface area (Å²) in [5, 5.41) is 9.68. The topological polar surface area (TPSA) is 45.5 Å². The molecule has 14 heavy (non-hydrogen) atoms. The van der Waals surface area contributed by atoms with E-state index < -0.39 is 5.60 Å². The molecule has 0 unspecified atom stereocenters. The molecule has 0 aliphatic heterocycles. The number of aromatic nitrogens is 1. The maximum Gasteiger partial charge on any atom is 0.101 e. The summed E-state index contributed by atoms with van der Waals surface area (Å²) in [6.07, 6.45) is 1.73. The molecule has 1 aromatic heterocycles. The molecule has 3 nitrogen and oxygen atoms in total. The molecule has 1 rings (SSSR count). The largest absolute Gasteiger partial charge is 0.384 e. The Morgan fingerprint density at radius 2 is 2.07 bits per heavy atom. The highest BCUT2D eigenvalue weighted by Gasteiger charge is 2.16. The van der Waals surface area contributed by atoms with Gasteiger partial charge in [0.1, 0.15) is 5.60 Å². The third-order valence-corrected chi connectivity index (χ3v) is 2.14. The van der Waals surface area contributed by atoms with Gasteiger partial charge in [-0.05, 0) is 32.9 Å². The fraction of sp³-hybridized carbons (Fsp3) is 0.455. The Morgan fingerprint density at radius 3 is 2.43 bits per heavy atom. The van der Waals surface area contributed by atoms with Crippen LogP contribution in [-0.2, 0) is 5.60 Å². The van der Waals surface area contributed by atoms with Crippen LogP contribution in [0.5, 0.6) is 0 Å². The van der Waals surface area contributed by atoms with E-state index in [1.165, 1.54) is 0 Å². The van der Waals surface area contributed by atoms with Crippen LogP contribution in [0.3, 0.4) is 0 Å². The molecule has 3 heteroatoms. The molecule has 1 aromatic rings. The molecule has 0 amide bonds. The Morgan fingerprint density at radius 1 is 1.43 bits per heavy atom. The van der Waals surface area contributed by atoms with Gasteiger partial charge in [-0.3, -0.25) is 9.98 Å². The molecule has 0 radical (unpaired) electrons. The summed E-state index contributed by atoms with van der Waals surface area (Å²) in [5.41, 5.74) is 1.72. The highest BCUT2D eigenvalue weighted by Crippen LogP contribution is 2.16. The number of hydrogen-bond acceptors (Lipinski definition) is 3. The molecular weight excluding hydrogens is 176 g/mol. The van der Waals surface area contributed by atoms with Gasteiger partial charge in [0.2, 0.25) is 0 Å². The summed E-state index contributed by atoms with van der Waals surface area (Å²) in [4.78, 5) is 8.25. The number of aliphatic imine (C=N–C) groups is 1. The van der Waals surface area contributed by atoms with Crippen LogP contribution in [-0.4, -0.2) is 22.8 Å². The van der Waals surface area contributed by atoms with E-state index >= 15 is 0 Å². The zero-order chi connectivity index (χ0) is 10.8. The van der Waals surface area contributed by atoms with Crippen molar-refractivity contribution in [3.8, 4) is 0 Å². The molecule has 0 atom stereocenters. The van der Waals surface area contributed by atoms with Gasteiger partial charge >= 0.3 is 0 Å². The Labute approximate surface area is 84.5 Å². The van der Waals surface area contributed by atoms with Crippen LogP contribution in [0.2, 0.25) is 0 Å². The normalized spacial score (nSPS) is 13.1. The highest BCUT2D eigenvalue weighted by atomic mass is 16.3. The lowest BCUT2D eigenvalue weighted by Crippen LogP contribution is -2.17. The standard InChI is InChI=1S/C11H16N2O/c1-8(12-4)9-5-6-10(13-7-9)11(2,3)14/h5-7,14H,1-4H3. The molecule has 0 fully saturated rings. The molecule has 1 N–H and O–H groups in total. The smallest absolute Gasteiger partial charge is 0.101 e. The summed E-state index contributed by atoms with van der Waals surface area (Å²) in [6, 6.07) is 3.74. The molecule has 0 bridgehead atoms. The van der Waals surface area contributed by atoms with Crippen LogP contribution in [0.1, 0.15) is 32.0 Å². The number of hydrogen-bond donors (Lipinski definition) is 1. The van der Waals surface area contributed by atoms with Crippen molar-refractivity contribution in [2.24, 2.45) is 4.99 Å². The molecule has 0 saturated heterocycles. The number of nitrogens with zero attached hydrogens (tertiary/aromatic N) is 2. The van der Waals surface area contributed by atoms with E-state index in [0.717, 1.165) is 11.3 Å². The van der Waals surface area contributed by atoms with Crippen molar-refractivity contribution < 1.29 is 5.11 Å². The predicted octanol–water partition coefficient (Wildman–Crippen LogP) is 1.75. The van der Waals surface area contributed by atoms with Crippen molar-refractivity contribution in [1.82, 2.24) is 4.98 Å². The first-order valence-corrected chi connectivity index (χ1v) is 4.58. The average Bonchev–Trinajstić information content (AvgIpc) is 2.15. The first kappa shape index (κ1) is 10.9. The van der Waals surface area contributed by atoms with Gasteiger partial charge in [0.15, 0.2) is 0 Å². The molecule has 0 aliphatic carbocycles. The summed E-state index contributed by atoms with van der Waals surface area (Å²) in [6.45, 7) is 5.37. The summed E-state index contributed by atoms with van der Waals surface area (Å²) in [5.74, 6) is 0. The molecule has 1 heterocycles. The van der Waals surface area contributed by atoms with E-state index in [2.05, 4.69) is 9.98 Å². The zero-order valence-corrected chi connectivity index (χ0v) is 9.07. The van der Waals surface area contributed by atoms with Gasteiger partial charge in [-0.2, -0.15) is 0 Å². The van der Waals surface area contributed by atoms with Crippen molar-refractivity contribution >= 4 is 5.71 Å². The quantitative estimate of drug-likeness (QED) is 0.725. The minimum atomic E-state index is -0.879. The van der Waals surface area contributed by atoms with Crippen molar-refractivity contribution in [2.75, 3.05) is 7.05 Å². The fourth-order valence-corrected chi connectivity index (χ4v) is 1.10. The second-order valence-corrected chi connectivity index (χ2v) is 3.80. The van der Waals surface area contributed by atoms with E-state index in [0.29, 0.717) is 5.69 Å². The Kier molecular flexibility index (Phi) is 3.01. The summed E-state index contributed by atoms with van der Waals surface area (Å²) >= 11 is 0. The lowest BCUT2D eigenvalue weighted by Gasteiger charge is -2.16. The maximum absolute atomic E-state index is 9.68. The zero-order valence-electron chi connectivity index (χ0n) is 9.07. The van der Waals surface area contributed by atoms with Crippen LogP contribution in [0.15, 0.2) is 23.3 Å². The summed E-state index contributed by atoms with van der Waals surface area (Å²) < 4.78 is 0. The maximum atomic E-state index is 9.68. The second-order valence-electron chi connectivity index (χ2n) is 3.80. The van der Waals surface area contributed by atoms with E-state index in [9.17, 15) is 5.11 Å². The molecular formula is C11H16N2O. The van der Waals surface area contributed by atoms with Crippen molar-refractivity contribution in [3.05, 3.63) is 29.6 Å². The van der Waals surface area contributed by atoms with Crippen LogP contribution in [0.25, 0.3) is 0 Å². The van der Waals surface area contributed by atoms with Crippen LogP contribution in [0, 0.1) is 0 Å². The van der Waals surface area contributed by atoms with Gasteiger partial charge < -0.3 is 5.11 Å². The molecule has 0 aliphatic rings. The minimum Gasteiger partial charge on any atom is -0.384 e. The van der Waals surface area contributed by atoms with Crippen LogP contribution in [0.4, 0.5) is 0 Å². The van der Waals surface area contributed by atoms with E-state index in [1.807, 2.05) is 19.1 Å². The molecule has 76 valence electrons. The first-order chi connectivity index (χ1) is 6.45. The molecule has 0 saturated carbocycles. The van der Waals surface area contributed by atoms with Gasteiger partial charge in [0.05, 0.1) is 5.69 Å². The Bertz CT molecular complexity index is 333. The highest BCUT2D eigenvalue weighted by molar-refractivity contribution is 5.98. The van der Waals surface area contributed by atoms with Crippen molar-refractivity contribution in [3.63, 3.8) is 0 Å². The number of rotatable bonds is 2. The third-order valence-electron chi connectivity index (χ3n) is 2.14. The van der Waals surface area contributed by atoms with E-state index in [4.69, 9.17) is 0 Å². The van der Waals surface area contributed by atoms with Crippen LogP contribution >= 0.6 is 0 Å².